The summed E-state index contributed by atoms with van der Waals surface area (Å²) >= 11 is 1.68. The lowest BCUT2D eigenvalue weighted by Gasteiger charge is -2.15. The van der Waals surface area contributed by atoms with Crippen LogP contribution in [0.25, 0.3) is 0 Å². The van der Waals surface area contributed by atoms with Crippen LogP contribution in [0.5, 0.6) is 0 Å². The topological polar surface area (TPSA) is 62.8 Å². The molecular formula is C21H21N2O2S+. The van der Waals surface area contributed by atoms with Crippen molar-refractivity contribution in [2.24, 2.45) is 0 Å². The van der Waals surface area contributed by atoms with Gasteiger partial charge < -0.3 is 10.6 Å². The number of carbonyl (C=O) groups excluding carboxylic acids is 2. The zero-order chi connectivity index (χ0) is 18.4. The zero-order valence-corrected chi connectivity index (χ0v) is 15.3. The zero-order valence-electron chi connectivity index (χ0n) is 14.5. The number of Topliss-reactive ketones (excluding diaryl/α,β-unsaturated/α-hetero) is 1. The summed E-state index contributed by atoms with van der Waals surface area (Å²) in [5, 5.41) is 6.92. The molecule has 26 heavy (non-hydrogen) atoms. The predicted molar refractivity (Wildman–Crippen MR) is 104 cm³/mol. The monoisotopic (exact) mass is 365 g/mol. The number of amides is 1. The average Bonchev–Trinajstić information content (AvgIpc) is 3.17. The van der Waals surface area contributed by atoms with E-state index in [4.69, 9.17) is 0 Å². The van der Waals surface area contributed by atoms with Crippen molar-refractivity contribution in [2.45, 2.75) is 13.0 Å². The molecule has 0 radical (unpaired) electrons. The maximum Gasteiger partial charge on any atom is 0.279 e. The van der Waals surface area contributed by atoms with E-state index in [9.17, 15) is 9.59 Å². The maximum atomic E-state index is 12.4. The molecule has 0 aliphatic heterocycles. The molecule has 3 rings (SSSR count). The molecule has 1 atom stereocenters. The molecule has 0 bridgehead atoms. The van der Waals surface area contributed by atoms with Crippen LogP contribution in [-0.2, 0) is 4.79 Å². The standard InChI is InChI=1S/C21H20N2O2S/c1-15(24)17-10-5-6-11-18(17)23-20(25)14-22-21(19-12-7-13-26-19)16-8-3-2-4-9-16/h2-13,21-22H,14H2,1H3,(H,23,25)/p+1/t21-/m1/s1. The number of rotatable bonds is 7. The average molecular weight is 365 g/mol. The molecule has 0 saturated carbocycles. The van der Waals surface area contributed by atoms with Gasteiger partial charge in [0.2, 0.25) is 0 Å². The first-order chi connectivity index (χ1) is 12.6. The number of ketones is 1. The van der Waals surface area contributed by atoms with E-state index < -0.39 is 0 Å². The van der Waals surface area contributed by atoms with Gasteiger partial charge in [0.15, 0.2) is 12.3 Å². The number of nitrogens with two attached hydrogens (primary N) is 1. The molecule has 0 saturated heterocycles. The van der Waals surface area contributed by atoms with Crippen molar-refractivity contribution in [3.05, 3.63) is 88.1 Å². The molecule has 5 heteroatoms. The van der Waals surface area contributed by atoms with Gasteiger partial charge in [-0.25, -0.2) is 0 Å². The Morgan fingerprint density at radius 2 is 1.73 bits per heavy atom. The molecule has 1 aromatic heterocycles. The van der Waals surface area contributed by atoms with Crippen molar-refractivity contribution in [3.8, 4) is 0 Å². The summed E-state index contributed by atoms with van der Waals surface area (Å²) in [6.07, 6.45) is 0. The van der Waals surface area contributed by atoms with Crippen molar-refractivity contribution >= 4 is 28.7 Å². The third-order valence-corrected chi connectivity index (χ3v) is 5.08. The third-order valence-electron chi connectivity index (χ3n) is 4.13. The number of carbonyl (C=O) groups is 2. The summed E-state index contributed by atoms with van der Waals surface area (Å²) in [5.41, 5.74) is 2.25. The second kappa shape index (κ2) is 8.56. The van der Waals surface area contributed by atoms with Gasteiger partial charge in [0.05, 0.1) is 10.6 Å². The van der Waals surface area contributed by atoms with E-state index in [-0.39, 0.29) is 24.3 Å². The van der Waals surface area contributed by atoms with E-state index in [1.165, 1.54) is 11.8 Å². The van der Waals surface area contributed by atoms with Crippen molar-refractivity contribution in [2.75, 3.05) is 11.9 Å². The number of thiophene rings is 1. The predicted octanol–water partition coefficient (Wildman–Crippen LogP) is 3.24. The second-order valence-electron chi connectivity index (χ2n) is 5.99. The maximum absolute atomic E-state index is 12.4. The normalized spacial score (nSPS) is 11.7. The lowest BCUT2D eigenvalue weighted by atomic mass is 10.1. The fourth-order valence-electron chi connectivity index (χ4n) is 2.87. The number of hydrogen-bond acceptors (Lipinski definition) is 3. The molecule has 2 aromatic carbocycles. The van der Waals surface area contributed by atoms with Crippen LogP contribution in [0.4, 0.5) is 5.69 Å². The van der Waals surface area contributed by atoms with Crippen LogP contribution in [0.2, 0.25) is 0 Å². The summed E-state index contributed by atoms with van der Waals surface area (Å²) in [6, 6.07) is 21.4. The molecular weight excluding hydrogens is 344 g/mol. The summed E-state index contributed by atoms with van der Waals surface area (Å²) in [6.45, 7) is 1.77. The van der Waals surface area contributed by atoms with E-state index in [0.717, 1.165) is 5.56 Å². The first kappa shape index (κ1) is 18.0. The lowest BCUT2D eigenvalue weighted by Crippen LogP contribution is -2.87. The minimum atomic E-state index is -0.129. The van der Waals surface area contributed by atoms with Crippen LogP contribution in [0.15, 0.2) is 72.1 Å². The Kier molecular flexibility index (Phi) is 5.94. The fraction of sp³-hybridized carbons (Fsp3) is 0.143. The van der Waals surface area contributed by atoms with E-state index in [2.05, 4.69) is 23.5 Å². The Labute approximate surface area is 156 Å². The Hall–Kier alpha value is -2.76. The molecule has 0 unspecified atom stereocenters. The van der Waals surface area contributed by atoms with Crippen molar-refractivity contribution in [1.29, 1.82) is 0 Å². The van der Waals surface area contributed by atoms with Crippen LogP contribution in [0, 0.1) is 0 Å². The van der Waals surface area contributed by atoms with Gasteiger partial charge in [-0.3, -0.25) is 9.59 Å². The van der Waals surface area contributed by atoms with Crippen LogP contribution in [0.1, 0.15) is 33.8 Å². The molecule has 0 aliphatic carbocycles. The summed E-state index contributed by atoms with van der Waals surface area (Å²) in [5.74, 6) is -0.193. The van der Waals surface area contributed by atoms with Crippen LogP contribution in [-0.4, -0.2) is 18.2 Å². The van der Waals surface area contributed by atoms with Crippen molar-refractivity contribution in [3.63, 3.8) is 0 Å². The number of hydrogen-bond donors (Lipinski definition) is 2. The van der Waals surface area contributed by atoms with Crippen molar-refractivity contribution in [1.82, 2.24) is 0 Å². The highest BCUT2D eigenvalue weighted by Gasteiger charge is 2.20. The van der Waals surface area contributed by atoms with E-state index in [1.54, 1.807) is 29.5 Å². The SMILES string of the molecule is CC(=O)c1ccccc1NC(=O)C[NH2+][C@H](c1ccccc1)c1cccs1. The second-order valence-corrected chi connectivity index (χ2v) is 6.97. The highest BCUT2D eigenvalue weighted by Crippen LogP contribution is 2.22. The number of quaternary nitrogens is 1. The molecule has 0 aliphatic rings. The first-order valence-electron chi connectivity index (χ1n) is 8.46. The van der Waals surface area contributed by atoms with Gasteiger partial charge in [0.25, 0.3) is 5.91 Å². The van der Waals surface area contributed by atoms with Crippen molar-refractivity contribution < 1.29 is 14.9 Å². The van der Waals surface area contributed by atoms with Crippen LogP contribution in [0.3, 0.4) is 0 Å². The molecule has 1 heterocycles. The third kappa shape index (κ3) is 4.45. The highest BCUT2D eigenvalue weighted by atomic mass is 32.1. The largest absolute Gasteiger partial charge is 0.328 e. The quantitative estimate of drug-likeness (QED) is 0.632. The smallest absolute Gasteiger partial charge is 0.279 e. The molecule has 3 N–H and O–H groups in total. The Morgan fingerprint density at radius 1 is 1.00 bits per heavy atom. The van der Waals surface area contributed by atoms with Gasteiger partial charge in [-0.1, -0.05) is 48.5 Å². The Morgan fingerprint density at radius 3 is 2.42 bits per heavy atom. The van der Waals surface area contributed by atoms with Gasteiger partial charge in [-0.2, -0.15) is 0 Å². The van der Waals surface area contributed by atoms with Crippen LogP contribution >= 0.6 is 11.3 Å². The van der Waals surface area contributed by atoms with E-state index in [0.29, 0.717) is 11.3 Å². The summed E-state index contributed by atoms with van der Waals surface area (Å²) in [7, 11) is 0. The van der Waals surface area contributed by atoms with Gasteiger partial charge in [-0.05, 0) is 30.5 Å². The van der Waals surface area contributed by atoms with E-state index in [1.807, 2.05) is 41.0 Å². The molecule has 1 amide bonds. The molecule has 132 valence electrons. The number of para-hydroxylation sites is 1. The van der Waals surface area contributed by atoms with Gasteiger partial charge in [0.1, 0.15) is 6.04 Å². The molecule has 4 nitrogen and oxygen atoms in total. The van der Waals surface area contributed by atoms with Gasteiger partial charge >= 0.3 is 0 Å². The minimum Gasteiger partial charge on any atom is -0.328 e. The Bertz CT molecular complexity index is 876. The molecule has 0 fully saturated rings. The first-order valence-corrected chi connectivity index (χ1v) is 9.34. The van der Waals surface area contributed by atoms with Gasteiger partial charge in [-0.15, -0.1) is 11.3 Å². The number of nitrogens with one attached hydrogen (secondary N) is 1. The summed E-state index contributed by atoms with van der Waals surface area (Å²) < 4.78 is 0. The number of anilines is 1. The summed E-state index contributed by atoms with van der Waals surface area (Å²) in [4.78, 5) is 25.3. The van der Waals surface area contributed by atoms with E-state index >= 15 is 0 Å². The van der Waals surface area contributed by atoms with Gasteiger partial charge in [0, 0.05) is 11.1 Å². The fourth-order valence-corrected chi connectivity index (χ4v) is 3.72. The molecule has 3 aromatic rings. The molecule has 0 spiro atoms. The number of benzene rings is 2. The lowest BCUT2D eigenvalue weighted by molar-refractivity contribution is -0.675. The minimum absolute atomic E-state index is 0.0642. The highest BCUT2D eigenvalue weighted by molar-refractivity contribution is 7.10. The Balaban J connectivity index is 1.70. The van der Waals surface area contributed by atoms with Crippen LogP contribution < -0.4 is 10.6 Å².